The van der Waals surface area contributed by atoms with Crippen molar-refractivity contribution in [3.63, 3.8) is 0 Å². The quantitative estimate of drug-likeness (QED) is 0.694. The fourth-order valence-electron chi connectivity index (χ4n) is 1.47. The van der Waals surface area contributed by atoms with E-state index in [0.717, 1.165) is 17.2 Å². The van der Waals surface area contributed by atoms with Crippen molar-refractivity contribution >= 4 is 29.3 Å². The Hall–Kier alpha value is -0.410. The van der Waals surface area contributed by atoms with Crippen molar-refractivity contribution in [2.24, 2.45) is 5.92 Å². The minimum atomic E-state index is 0.153. The summed E-state index contributed by atoms with van der Waals surface area (Å²) in [5, 5.41) is 0. The van der Waals surface area contributed by atoms with E-state index in [1.165, 1.54) is 15.5 Å². The van der Waals surface area contributed by atoms with Crippen LogP contribution in [0.25, 0.3) is 0 Å². The lowest BCUT2D eigenvalue weighted by atomic mass is 10.1. The highest BCUT2D eigenvalue weighted by atomic mass is 32.2. The van der Waals surface area contributed by atoms with Crippen LogP contribution in [-0.2, 0) is 0 Å². The molecule has 0 aliphatic carbocycles. The van der Waals surface area contributed by atoms with Gasteiger partial charge in [0, 0.05) is 26.9 Å². The van der Waals surface area contributed by atoms with Gasteiger partial charge in [0.2, 0.25) is 0 Å². The monoisotopic (exact) mass is 238 g/mol. The summed E-state index contributed by atoms with van der Waals surface area (Å²) >= 11 is 3.78. The van der Waals surface area contributed by atoms with E-state index in [4.69, 9.17) is 0 Å². The van der Waals surface area contributed by atoms with Crippen LogP contribution in [0.5, 0.6) is 0 Å². The lowest BCUT2D eigenvalue weighted by molar-refractivity contribution is 0.101. The Morgan fingerprint density at radius 1 is 1.27 bits per heavy atom. The van der Waals surface area contributed by atoms with Crippen molar-refractivity contribution in [1.29, 1.82) is 0 Å². The lowest BCUT2D eigenvalue weighted by Gasteiger charge is -2.05. The Morgan fingerprint density at radius 3 is 2.60 bits per heavy atom. The molecule has 0 aromatic heterocycles. The summed E-state index contributed by atoms with van der Waals surface area (Å²) in [4.78, 5) is 13.9. The zero-order chi connectivity index (χ0) is 10.8. The van der Waals surface area contributed by atoms with Gasteiger partial charge in [-0.15, -0.1) is 23.5 Å². The Morgan fingerprint density at radius 2 is 1.93 bits per heavy atom. The molecule has 1 aliphatic rings. The number of rotatable bonds is 1. The van der Waals surface area contributed by atoms with Crippen molar-refractivity contribution < 1.29 is 4.79 Å². The van der Waals surface area contributed by atoms with Gasteiger partial charge in [-0.3, -0.25) is 4.79 Å². The van der Waals surface area contributed by atoms with E-state index >= 15 is 0 Å². The summed E-state index contributed by atoms with van der Waals surface area (Å²) in [7, 11) is 0. The van der Waals surface area contributed by atoms with Crippen LogP contribution >= 0.6 is 23.5 Å². The standard InChI is InChI=1S/C12H14OS2/c1-8-6-14-11-4-3-10(9(2)13)5-12(11)15-7-8/h3-5,8H,6-7H2,1-2H3. The molecule has 80 valence electrons. The molecule has 1 aromatic carbocycles. The summed E-state index contributed by atoms with van der Waals surface area (Å²) in [5.74, 6) is 3.23. The van der Waals surface area contributed by atoms with E-state index in [1.807, 2.05) is 35.7 Å². The van der Waals surface area contributed by atoms with Gasteiger partial charge in [-0.2, -0.15) is 0 Å². The Balaban J connectivity index is 2.32. The highest BCUT2D eigenvalue weighted by Crippen LogP contribution is 2.37. The molecule has 3 heteroatoms. The zero-order valence-electron chi connectivity index (χ0n) is 8.95. The number of Topliss-reactive ketones (excluding diaryl/α,β-unsaturated/α-hetero) is 1. The van der Waals surface area contributed by atoms with Gasteiger partial charge in [0.1, 0.15) is 0 Å². The van der Waals surface area contributed by atoms with Gasteiger partial charge in [0.05, 0.1) is 0 Å². The molecule has 0 bridgehead atoms. The molecular formula is C12H14OS2. The van der Waals surface area contributed by atoms with Gasteiger partial charge in [0.15, 0.2) is 5.78 Å². The summed E-state index contributed by atoms with van der Waals surface area (Å²) in [5.41, 5.74) is 0.830. The van der Waals surface area contributed by atoms with E-state index in [-0.39, 0.29) is 5.78 Å². The van der Waals surface area contributed by atoms with Gasteiger partial charge in [0.25, 0.3) is 0 Å². The summed E-state index contributed by atoms with van der Waals surface area (Å²) in [6.07, 6.45) is 0. The molecular weight excluding hydrogens is 224 g/mol. The molecule has 0 saturated heterocycles. The van der Waals surface area contributed by atoms with Crippen LogP contribution in [-0.4, -0.2) is 17.3 Å². The molecule has 1 nitrogen and oxygen atoms in total. The smallest absolute Gasteiger partial charge is 0.159 e. The fourth-order valence-corrected chi connectivity index (χ4v) is 3.92. The maximum absolute atomic E-state index is 11.3. The fraction of sp³-hybridized carbons (Fsp3) is 0.417. The first-order valence-electron chi connectivity index (χ1n) is 5.07. The number of fused-ring (bicyclic) bond motifs is 1. The highest BCUT2D eigenvalue weighted by Gasteiger charge is 2.14. The third kappa shape index (κ3) is 2.58. The molecule has 1 unspecified atom stereocenters. The Labute approximate surface area is 99.0 Å². The minimum Gasteiger partial charge on any atom is -0.295 e. The molecule has 0 saturated carbocycles. The number of hydrogen-bond donors (Lipinski definition) is 0. The molecule has 0 N–H and O–H groups in total. The molecule has 1 heterocycles. The van der Waals surface area contributed by atoms with Crippen molar-refractivity contribution in [1.82, 2.24) is 0 Å². The van der Waals surface area contributed by atoms with Gasteiger partial charge in [-0.05, 0) is 25.0 Å². The molecule has 1 aliphatic heterocycles. The number of benzene rings is 1. The molecule has 0 radical (unpaired) electrons. The average Bonchev–Trinajstić information content (AvgIpc) is 2.40. The number of hydrogen-bond acceptors (Lipinski definition) is 3. The maximum Gasteiger partial charge on any atom is 0.159 e. The predicted molar refractivity (Wildman–Crippen MR) is 67.1 cm³/mol. The van der Waals surface area contributed by atoms with E-state index in [1.54, 1.807) is 6.92 Å². The van der Waals surface area contributed by atoms with Gasteiger partial charge >= 0.3 is 0 Å². The van der Waals surface area contributed by atoms with Gasteiger partial charge in [-0.25, -0.2) is 0 Å². The van der Waals surface area contributed by atoms with E-state index in [2.05, 4.69) is 13.0 Å². The van der Waals surface area contributed by atoms with E-state index in [9.17, 15) is 4.79 Å². The zero-order valence-corrected chi connectivity index (χ0v) is 10.6. The normalized spacial score (nSPS) is 20.5. The number of carbonyl (C=O) groups is 1. The van der Waals surface area contributed by atoms with Crippen molar-refractivity contribution in [2.75, 3.05) is 11.5 Å². The van der Waals surface area contributed by atoms with Crippen LogP contribution in [0.2, 0.25) is 0 Å². The van der Waals surface area contributed by atoms with Crippen LogP contribution in [0, 0.1) is 5.92 Å². The second-order valence-electron chi connectivity index (χ2n) is 3.94. The Bertz CT molecular complexity index is 387. The van der Waals surface area contributed by atoms with E-state index < -0.39 is 0 Å². The summed E-state index contributed by atoms with van der Waals surface area (Å²) < 4.78 is 0. The largest absolute Gasteiger partial charge is 0.295 e. The number of thioether (sulfide) groups is 2. The molecule has 1 aromatic rings. The third-order valence-corrected chi connectivity index (χ3v) is 5.31. The van der Waals surface area contributed by atoms with Crippen LogP contribution < -0.4 is 0 Å². The molecule has 15 heavy (non-hydrogen) atoms. The maximum atomic E-state index is 11.3. The van der Waals surface area contributed by atoms with Crippen LogP contribution in [0.3, 0.4) is 0 Å². The highest BCUT2D eigenvalue weighted by molar-refractivity contribution is 8.03. The number of carbonyl (C=O) groups excluding carboxylic acids is 1. The van der Waals surface area contributed by atoms with Crippen LogP contribution in [0.4, 0.5) is 0 Å². The predicted octanol–water partition coefficient (Wildman–Crippen LogP) is 3.72. The van der Waals surface area contributed by atoms with Gasteiger partial charge in [-0.1, -0.05) is 13.0 Å². The average molecular weight is 238 g/mol. The second kappa shape index (κ2) is 4.62. The Kier molecular flexibility index (Phi) is 3.42. The molecule has 0 spiro atoms. The van der Waals surface area contributed by atoms with Gasteiger partial charge < -0.3 is 0 Å². The first-order chi connectivity index (χ1) is 7.16. The van der Waals surface area contributed by atoms with Crippen LogP contribution in [0.15, 0.2) is 28.0 Å². The molecule has 0 fully saturated rings. The van der Waals surface area contributed by atoms with Crippen molar-refractivity contribution in [3.8, 4) is 0 Å². The van der Waals surface area contributed by atoms with Crippen molar-refractivity contribution in [3.05, 3.63) is 23.8 Å². The summed E-state index contributed by atoms with van der Waals surface area (Å²) in [6.45, 7) is 3.90. The minimum absolute atomic E-state index is 0.153. The third-order valence-electron chi connectivity index (χ3n) is 2.40. The van der Waals surface area contributed by atoms with Crippen molar-refractivity contribution in [2.45, 2.75) is 23.6 Å². The topological polar surface area (TPSA) is 17.1 Å². The summed E-state index contributed by atoms with van der Waals surface area (Å²) in [6, 6.07) is 6.06. The molecule has 1 atom stereocenters. The molecule has 2 rings (SSSR count). The SMILES string of the molecule is CC(=O)c1ccc2c(c1)SCC(C)CS2. The first-order valence-corrected chi connectivity index (χ1v) is 7.04. The second-order valence-corrected chi connectivity index (χ2v) is 6.07. The van der Waals surface area contributed by atoms with Crippen LogP contribution in [0.1, 0.15) is 24.2 Å². The first kappa shape index (κ1) is 11.1. The molecule has 0 amide bonds. The lowest BCUT2D eigenvalue weighted by Crippen LogP contribution is -1.98. The van der Waals surface area contributed by atoms with E-state index in [0.29, 0.717) is 0 Å². The number of ketones is 1.